The quantitative estimate of drug-likeness (QED) is 0.635. The summed E-state index contributed by atoms with van der Waals surface area (Å²) in [4.78, 5) is 22.1. The molecular weight excluding hydrogens is 440 g/mol. The summed E-state index contributed by atoms with van der Waals surface area (Å²) in [6.07, 6.45) is 4.44. The molecule has 2 unspecified atom stereocenters. The second-order valence-electron chi connectivity index (χ2n) is 8.65. The maximum absolute atomic E-state index is 12.8. The molecule has 3 heterocycles. The zero-order valence-electron chi connectivity index (χ0n) is 17.3. The van der Waals surface area contributed by atoms with Crippen molar-refractivity contribution in [3.05, 3.63) is 33.1 Å². The molecule has 9 nitrogen and oxygen atoms in total. The number of hydrogen-bond donors (Lipinski definition) is 3. The molecule has 0 spiro atoms. The smallest absolute Gasteiger partial charge is 0.333 e. The molecule has 0 bridgehead atoms. The molecule has 166 valence electrons. The lowest BCUT2D eigenvalue weighted by atomic mass is 10.0. The van der Waals surface area contributed by atoms with Crippen molar-refractivity contribution in [1.82, 2.24) is 14.7 Å². The number of urea groups is 1. The monoisotopic (exact) mass is 464 g/mol. The molecule has 2 aromatic heterocycles. The highest BCUT2D eigenvalue weighted by Gasteiger charge is 2.37. The molecule has 1 aliphatic heterocycles. The van der Waals surface area contributed by atoms with Crippen molar-refractivity contribution in [2.45, 2.75) is 68.4 Å². The number of pyridine rings is 1. The van der Waals surface area contributed by atoms with Crippen LogP contribution >= 0.6 is 11.3 Å². The van der Waals surface area contributed by atoms with E-state index in [1.54, 1.807) is 6.92 Å². The van der Waals surface area contributed by atoms with Crippen molar-refractivity contribution >= 4 is 33.1 Å². The summed E-state index contributed by atoms with van der Waals surface area (Å²) in [5, 5.41) is 13.2. The number of hydrogen-bond acceptors (Lipinski definition) is 8. The Morgan fingerprint density at radius 3 is 2.81 bits per heavy atom. The van der Waals surface area contributed by atoms with Crippen molar-refractivity contribution in [2.75, 3.05) is 11.9 Å². The fraction of sp³-hybridized carbons (Fsp3) is 0.550. The van der Waals surface area contributed by atoms with E-state index in [-0.39, 0.29) is 17.6 Å². The van der Waals surface area contributed by atoms with Gasteiger partial charge < -0.3 is 15.2 Å². The molecule has 5 rings (SSSR count). The fourth-order valence-corrected chi connectivity index (χ4v) is 6.89. The largest absolute Gasteiger partial charge is 0.382 e. The molecule has 2 amide bonds. The van der Waals surface area contributed by atoms with Crippen LogP contribution in [0.15, 0.2) is 4.34 Å². The lowest BCUT2D eigenvalue weighted by Crippen LogP contribution is -2.35. The number of aryl methyl sites for hydroxylation is 1. The molecular formula is C20H24N4O5S2. The number of anilines is 1. The molecule has 0 saturated carbocycles. The first-order chi connectivity index (χ1) is 14.7. The molecule has 0 saturated heterocycles. The molecule has 31 heavy (non-hydrogen) atoms. The van der Waals surface area contributed by atoms with Crippen molar-refractivity contribution in [3.63, 3.8) is 0 Å². The van der Waals surface area contributed by atoms with E-state index in [1.807, 2.05) is 0 Å². The Morgan fingerprint density at radius 2 is 2.03 bits per heavy atom. The van der Waals surface area contributed by atoms with Gasteiger partial charge in [0.05, 0.1) is 29.5 Å². The van der Waals surface area contributed by atoms with Crippen LogP contribution in [-0.4, -0.2) is 36.1 Å². The second kappa shape index (κ2) is 7.22. The van der Waals surface area contributed by atoms with Crippen LogP contribution < -0.4 is 10.0 Å². The van der Waals surface area contributed by atoms with Crippen LogP contribution in [0.1, 0.15) is 65.7 Å². The zero-order chi connectivity index (χ0) is 22.0. The summed E-state index contributed by atoms with van der Waals surface area (Å²) < 4.78 is 32.7. The predicted octanol–water partition coefficient (Wildman–Crippen LogP) is 2.32. The highest BCUT2D eigenvalue weighted by atomic mass is 32.2. The third-order valence-electron chi connectivity index (χ3n) is 6.14. The topological polar surface area (TPSA) is 131 Å². The molecule has 0 aromatic carbocycles. The first-order valence-electron chi connectivity index (χ1n) is 10.3. The van der Waals surface area contributed by atoms with Gasteiger partial charge in [-0.25, -0.2) is 14.5 Å². The van der Waals surface area contributed by atoms with Gasteiger partial charge in [-0.3, -0.25) is 4.98 Å². The summed E-state index contributed by atoms with van der Waals surface area (Å²) in [7, 11) is -4.20. The van der Waals surface area contributed by atoms with E-state index in [0.29, 0.717) is 22.2 Å². The van der Waals surface area contributed by atoms with Gasteiger partial charge in [-0.15, -0.1) is 11.3 Å². The fourth-order valence-electron chi connectivity index (χ4n) is 4.63. The molecule has 3 aliphatic rings. The Hall–Kier alpha value is -2.08. The van der Waals surface area contributed by atoms with E-state index >= 15 is 0 Å². The highest BCUT2D eigenvalue weighted by Crippen LogP contribution is 2.41. The van der Waals surface area contributed by atoms with E-state index in [1.165, 1.54) is 0 Å². The number of nitrogens with zero attached hydrogens (tertiary/aromatic N) is 2. The second-order valence-corrected chi connectivity index (χ2v) is 11.5. The van der Waals surface area contributed by atoms with Gasteiger partial charge in [0, 0.05) is 11.4 Å². The van der Waals surface area contributed by atoms with Gasteiger partial charge in [0.1, 0.15) is 5.60 Å². The summed E-state index contributed by atoms with van der Waals surface area (Å²) in [5.74, 6) is 0.324. The lowest BCUT2D eigenvalue weighted by molar-refractivity contribution is -0.0586. The first kappa shape index (κ1) is 20.8. The Bertz CT molecular complexity index is 1190. The molecule has 3 N–H and O–H groups in total. The van der Waals surface area contributed by atoms with E-state index in [9.17, 15) is 18.3 Å². The number of aromatic nitrogens is 2. The SMILES string of the molecule is CC1CCc2c1nc1c(c2NC(=O)NS(=O)(=O)c2nc3c(s2)C(C)(O)COC3)CCC1. The summed E-state index contributed by atoms with van der Waals surface area (Å²) in [6.45, 7) is 3.85. The number of aliphatic hydroxyl groups is 1. The molecule has 2 atom stereocenters. The number of fused-ring (bicyclic) bond motifs is 3. The van der Waals surface area contributed by atoms with Gasteiger partial charge in [0.2, 0.25) is 4.34 Å². The Morgan fingerprint density at radius 1 is 1.23 bits per heavy atom. The maximum atomic E-state index is 12.8. The van der Waals surface area contributed by atoms with Crippen LogP contribution in [-0.2, 0) is 46.2 Å². The standard InChI is InChI=1S/C20H24N4O5S2/c1-10-6-7-12-15(10)21-13-5-3-4-11(13)16(12)23-18(25)24-31(27,28)19-22-14-8-29-9-20(2,26)17(14)30-19/h10,26H,3-9H2,1-2H3,(H2,21,23,24,25). The van der Waals surface area contributed by atoms with Crippen molar-refractivity contribution < 1.29 is 23.1 Å². The van der Waals surface area contributed by atoms with E-state index in [2.05, 4.69) is 21.9 Å². The minimum atomic E-state index is -4.20. The van der Waals surface area contributed by atoms with Gasteiger partial charge in [0.15, 0.2) is 0 Å². The Balaban J connectivity index is 1.41. The zero-order valence-corrected chi connectivity index (χ0v) is 19.0. The minimum Gasteiger partial charge on any atom is -0.382 e. The summed E-state index contributed by atoms with van der Waals surface area (Å²) in [5.41, 5.74) is 3.81. The summed E-state index contributed by atoms with van der Waals surface area (Å²) in [6, 6.07) is -0.821. The molecule has 2 aromatic rings. The number of amides is 2. The summed E-state index contributed by atoms with van der Waals surface area (Å²) >= 11 is 0.856. The van der Waals surface area contributed by atoms with Crippen LogP contribution in [0, 0.1) is 0 Å². The number of thiazole rings is 1. The van der Waals surface area contributed by atoms with Crippen LogP contribution in [0.4, 0.5) is 10.5 Å². The van der Waals surface area contributed by atoms with E-state index in [0.717, 1.165) is 66.0 Å². The van der Waals surface area contributed by atoms with E-state index < -0.39 is 21.7 Å². The van der Waals surface area contributed by atoms with Gasteiger partial charge in [0.25, 0.3) is 10.0 Å². The normalized spacial score (nSPS) is 24.4. The van der Waals surface area contributed by atoms with Crippen LogP contribution in [0.2, 0.25) is 0 Å². The average molecular weight is 465 g/mol. The Labute approximate surface area is 184 Å². The lowest BCUT2D eigenvalue weighted by Gasteiger charge is -2.26. The number of ether oxygens (including phenoxy) is 1. The number of nitrogens with one attached hydrogen (secondary N) is 2. The maximum Gasteiger partial charge on any atom is 0.333 e. The van der Waals surface area contributed by atoms with Gasteiger partial charge in [-0.2, -0.15) is 8.42 Å². The van der Waals surface area contributed by atoms with Gasteiger partial charge >= 0.3 is 6.03 Å². The van der Waals surface area contributed by atoms with Crippen LogP contribution in [0.5, 0.6) is 0 Å². The minimum absolute atomic E-state index is 0.0618. The predicted molar refractivity (Wildman–Crippen MR) is 114 cm³/mol. The number of carbonyl (C=O) groups is 1. The van der Waals surface area contributed by atoms with E-state index in [4.69, 9.17) is 9.72 Å². The first-order valence-corrected chi connectivity index (χ1v) is 12.6. The van der Waals surface area contributed by atoms with Gasteiger partial charge in [-0.1, -0.05) is 6.92 Å². The van der Waals surface area contributed by atoms with Crippen molar-refractivity contribution in [2.24, 2.45) is 0 Å². The van der Waals surface area contributed by atoms with Crippen LogP contribution in [0.25, 0.3) is 0 Å². The van der Waals surface area contributed by atoms with Crippen molar-refractivity contribution in [1.29, 1.82) is 0 Å². The highest BCUT2D eigenvalue weighted by molar-refractivity contribution is 7.92. The Kier molecular flexibility index (Phi) is 4.85. The molecule has 2 aliphatic carbocycles. The van der Waals surface area contributed by atoms with Crippen molar-refractivity contribution in [3.8, 4) is 0 Å². The number of sulfonamides is 1. The number of rotatable bonds is 3. The molecule has 11 heteroatoms. The average Bonchev–Trinajstić information content (AvgIpc) is 3.40. The number of carbonyl (C=O) groups excluding carboxylic acids is 1. The molecule has 0 radical (unpaired) electrons. The van der Waals surface area contributed by atoms with Gasteiger partial charge in [-0.05, 0) is 56.1 Å². The third kappa shape index (κ3) is 3.53. The van der Waals surface area contributed by atoms with Crippen LogP contribution in [0.3, 0.4) is 0 Å². The third-order valence-corrected chi connectivity index (χ3v) is 9.19. The molecule has 0 fully saturated rings.